The second-order valence-corrected chi connectivity index (χ2v) is 5.79. The van der Waals surface area contributed by atoms with Gasteiger partial charge in [0, 0.05) is 37.8 Å². The minimum absolute atomic E-state index is 0.742. The van der Waals surface area contributed by atoms with E-state index in [9.17, 15) is 0 Å². The van der Waals surface area contributed by atoms with E-state index in [4.69, 9.17) is 0 Å². The maximum absolute atomic E-state index is 3.49. The fourth-order valence-corrected chi connectivity index (χ4v) is 3.42. The van der Waals surface area contributed by atoms with Gasteiger partial charge in [0.05, 0.1) is 0 Å². The Morgan fingerprint density at radius 1 is 0.938 bits per heavy atom. The molecule has 92 valence electrons. The van der Waals surface area contributed by atoms with E-state index in [1.165, 1.54) is 58.4 Å². The van der Waals surface area contributed by atoms with Crippen LogP contribution in [-0.4, -0.2) is 60.6 Å². The van der Waals surface area contributed by atoms with Gasteiger partial charge in [0.15, 0.2) is 0 Å². The van der Waals surface area contributed by atoms with Gasteiger partial charge >= 0.3 is 0 Å². The van der Waals surface area contributed by atoms with E-state index in [2.05, 4.69) is 22.0 Å². The molecule has 3 fully saturated rings. The van der Waals surface area contributed by atoms with Crippen molar-refractivity contribution in [3.05, 3.63) is 0 Å². The Balaban J connectivity index is 1.51. The molecule has 1 aliphatic carbocycles. The van der Waals surface area contributed by atoms with E-state index in [0.29, 0.717) is 0 Å². The van der Waals surface area contributed by atoms with Gasteiger partial charge in [-0.3, -0.25) is 4.90 Å². The Morgan fingerprint density at radius 3 is 2.31 bits per heavy atom. The van der Waals surface area contributed by atoms with Gasteiger partial charge in [-0.25, -0.2) is 0 Å². The van der Waals surface area contributed by atoms with Crippen LogP contribution in [0.2, 0.25) is 0 Å². The molecule has 0 aromatic heterocycles. The first-order valence-electron chi connectivity index (χ1n) is 7.05. The summed E-state index contributed by atoms with van der Waals surface area (Å²) in [5, 5.41) is 3.49. The summed E-state index contributed by atoms with van der Waals surface area (Å²) < 4.78 is 0. The maximum atomic E-state index is 3.49. The molecule has 3 aliphatic rings. The Bertz CT molecular complexity index is 231. The first kappa shape index (κ1) is 11.0. The van der Waals surface area contributed by atoms with Crippen molar-refractivity contribution in [2.45, 2.75) is 50.7 Å². The fraction of sp³-hybridized carbons (Fsp3) is 1.00. The molecule has 1 atom stereocenters. The zero-order valence-corrected chi connectivity index (χ0v) is 10.5. The van der Waals surface area contributed by atoms with Gasteiger partial charge < -0.3 is 10.2 Å². The van der Waals surface area contributed by atoms with Crippen molar-refractivity contribution >= 4 is 0 Å². The monoisotopic (exact) mass is 223 g/mol. The molecular weight excluding hydrogens is 198 g/mol. The Hall–Kier alpha value is -0.120. The molecule has 0 aromatic rings. The van der Waals surface area contributed by atoms with Crippen LogP contribution in [0.3, 0.4) is 0 Å². The molecule has 2 aliphatic heterocycles. The van der Waals surface area contributed by atoms with Crippen LogP contribution in [0.4, 0.5) is 0 Å². The second kappa shape index (κ2) is 4.63. The van der Waals surface area contributed by atoms with Crippen LogP contribution in [0.5, 0.6) is 0 Å². The second-order valence-electron chi connectivity index (χ2n) is 5.79. The Morgan fingerprint density at radius 2 is 1.69 bits per heavy atom. The molecule has 1 saturated carbocycles. The number of nitrogens with zero attached hydrogens (tertiary/aromatic N) is 2. The number of hydrogen-bond donors (Lipinski definition) is 1. The normalized spacial score (nSPS) is 35.4. The summed E-state index contributed by atoms with van der Waals surface area (Å²) in [6, 6.07) is 2.58. The summed E-state index contributed by atoms with van der Waals surface area (Å²) in [6.45, 7) is 8.71. The summed E-state index contributed by atoms with van der Waals surface area (Å²) in [4.78, 5) is 5.48. The summed E-state index contributed by atoms with van der Waals surface area (Å²) in [5.41, 5.74) is 0. The number of nitrogens with one attached hydrogen (secondary N) is 1. The summed E-state index contributed by atoms with van der Waals surface area (Å²) >= 11 is 0. The lowest BCUT2D eigenvalue weighted by Crippen LogP contribution is -2.56. The van der Waals surface area contributed by atoms with Gasteiger partial charge in [-0.15, -0.1) is 0 Å². The minimum Gasteiger partial charge on any atom is -0.314 e. The highest BCUT2D eigenvalue weighted by molar-refractivity contribution is 4.91. The zero-order valence-electron chi connectivity index (χ0n) is 10.5. The highest BCUT2D eigenvalue weighted by Crippen LogP contribution is 2.30. The first-order valence-corrected chi connectivity index (χ1v) is 7.05. The molecule has 0 spiro atoms. The predicted octanol–water partition coefficient (Wildman–Crippen LogP) is 0.907. The van der Waals surface area contributed by atoms with Gasteiger partial charge in [0.2, 0.25) is 0 Å². The molecular formula is C13H25N3. The molecule has 0 amide bonds. The number of likely N-dealkylation sites (tertiary alicyclic amines) is 1. The van der Waals surface area contributed by atoms with Crippen molar-refractivity contribution in [3.63, 3.8) is 0 Å². The van der Waals surface area contributed by atoms with Crippen LogP contribution in [0.1, 0.15) is 32.6 Å². The molecule has 1 unspecified atom stereocenters. The van der Waals surface area contributed by atoms with Gasteiger partial charge in [-0.05, 0) is 45.7 Å². The maximum Gasteiger partial charge on any atom is 0.0195 e. The average molecular weight is 223 g/mol. The smallest absolute Gasteiger partial charge is 0.0195 e. The van der Waals surface area contributed by atoms with E-state index in [-0.39, 0.29) is 0 Å². The highest BCUT2D eigenvalue weighted by atomic mass is 15.3. The van der Waals surface area contributed by atoms with Crippen LogP contribution in [-0.2, 0) is 0 Å². The van der Waals surface area contributed by atoms with Gasteiger partial charge in [0.1, 0.15) is 0 Å². The molecule has 3 rings (SSSR count). The third-order valence-electron chi connectivity index (χ3n) is 4.58. The number of piperazine rings is 1. The average Bonchev–Trinajstić information content (AvgIpc) is 3.14. The first-order chi connectivity index (χ1) is 7.84. The van der Waals surface area contributed by atoms with Gasteiger partial charge in [0.25, 0.3) is 0 Å². The van der Waals surface area contributed by atoms with Crippen LogP contribution in [0.15, 0.2) is 0 Å². The van der Waals surface area contributed by atoms with Crippen LogP contribution in [0.25, 0.3) is 0 Å². The lowest BCUT2D eigenvalue weighted by Gasteiger charge is -2.43. The van der Waals surface area contributed by atoms with E-state index in [1.54, 1.807) is 0 Å². The lowest BCUT2D eigenvalue weighted by molar-refractivity contribution is 0.0624. The van der Waals surface area contributed by atoms with Gasteiger partial charge in [-0.1, -0.05) is 0 Å². The molecule has 2 heterocycles. The number of hydrogen-bond acceptors (Lipinski definition) is 3. The number of piperidine rings is 1. The molecule has 2 saturated heterocycles. The van der Waals surface area contributed by atoms with E-state index >= 15 is 0 Å². The zero-order chi connectivity index (χ0) is 11.0. The Labute approximate surface area is 99.2 Å². The third kappa shape index (κ3) is 2.27. The van der Waals surface area contributed by atoms with Crippen LogP contribution in [0, 0.1) is 0 Å². The lowest BCUT2D eigenvalue weighted by atomic mass is 10.00. The fourth-order valence-electron chi connectivity index (χ4n) is 3.42. The van der Waals surface area contributed by atoms with Crippen molar-refractivity contribution < 1.29 is 0 Å². The quantitative estimate of drug-likeness (QED) is 0.750. The Kier molecular flexibility index (Phi) is 3.18. The minimum atomic E-state index is 0.742. The SMILES string of the molecule is CC1CNCCN1C1CCN(C2CC2)CC1. The molecule has 0 bridgehead atoms. The molecule has 1 N–H and O–H groups in total. The van der Waals surface area contributed by atoms with Gasteiger partial charge in [-0.2, -0.15) is 0 Å². The highest BCUT2D eigenvalue weighted by Gasteiger charge is 2.34. The topological polar surface area (TPSA) is 18.5 Å². The van der Waals surface area contributed by atoms with Crippen LogP contribution >= 0.6 is 0 Å². The third-order valence-corrected chi connectivity index (χ3v) is 4.58. The summed E-state index contributed by atoms with van der Waals surface area (Å²) in [5.74, 6) is 0. The standard InChI is InChI=1S/C13H25N3/c1-11-10-14-6-9-16(11)13-4-7-15(8-5-13)12-2-3-12/h11-14H,2-10H2,1H3. The summed E-state index contributed by atoms with van der Waals surface area (Å²) in [6.07, 6.45) is 5.74. The predicted molar refractivity (Wildman–Crippen MR) is 66.7 cm³/mol. The van der Waals surface area contributed by atoms with E-state index < -0.39 is 0 Å². The van der Waals surface area contributed by atoms with Crippen molar-refractivity contribution in [3.8, 4) is 0 Å². The van der Waals surface area contributed by atoms with Crippen molar-refractivity contribution in [2.75, 3.05) is 32.7 Å². The largest absolute Gasteiger partial charge is 0.314 e. The molecule has 3 nitrogen and oxygen atoms in total. The van der Waals surface area contributed by atoms with Crippen molar-refractivity contribution in [2.24, 2.45) is 0 Å². The van der Waals surface area contributed by atoms with E-state index in [0.717, 1.165) is 18.1 Å². The molecule has 0 aromatic carbocycles. The van der Waals surface area contributed by atoms with Crippen LogP contribution < -0.4 is 5.32 Å². The van der Waals surface area contributed by atoms with E-state index in [1.807, 2.05) is 0 Å². The van der Waals surface area contributed by atoms with Crippen molar-refractivity contribution in [1.29, 1.82) is 0 Å². The molecule has 3 heteroatoms. The molecule has 0 radical (unpaired) electrons. The number of rotatable bonds is 2. The summed E-state index contributed by atoms with van der Waals surface area (Å²) in [7, 11) is 0. The van der Waals surface area contributed by atoms with Crippen molar-refractivity contribution in [1.82, 2.24) is 15.1 Å². The molecule has 16 heavy (non-hydrogen) atoms.